The van der Waals surface area contributed by atoms with Crippen LogP contribution in [-0.2, 0) is 9.53 Å². The van der Waals surface area contributed by atoms with Gasteiger partial charge in [-0.15, -0.1) is 0 Å². The molecule has 0 heterocycles. The van der Waals surface area contributed by atoms with Crippen molar-refractivity contribution in [3.63, 3.8) is 0 Å². The lowest BCUT2D eigenvalue weighted by molar-refractivity contribution is -0.144. The van der Waals surface area contributed by atoms with Gasteiger partial charge in [0.15, 0.2) is 0 Å². The SMILES string of the molecule is CCOC(=O)CC(C)N(CC)CC(C)(C)CN. The summed E-state index contributed by atoms with van der Waals surface area (Å²) in [5.41, 5.74) is 5.82. The Morgan fingerprint density at radius 1 is 1.41 bits per heavy atom. The molecule has 17 heavy (non-hydrogen) atoms. The molecule has 0 aromatic heterocycles. The van der Waals surface area contributed by atoms with Gasteiger partial charge in [-0.1, -0.05) is 20.8 Å². The fourth-order valence-electron chi connectivity index (χ4n) is 1.78. The van der Waals surface area contributed by atoms with Crippen LogP contribution < -0.4 is 5.73 Å². The third-order valence-corrected chi connectivity index (χ3v) is 2.98. The van der Waals surface area contributed by atoms with E-state index in [2.05, 4.69) is 32.6 Å². The lowest BCUT2D eigenvalue weighted by atomic mass is 9.92. The van der Waals surface area contributed by atoms with Crippen LogP contribution in [0.3, 0.4) is 0 Å². The van der Waals surface area contributed by atoms with E-state index in [4.69, 9.17) is 10.5 Å². The molecule has 0 spiro atoms. The summed E-state index contributed by atoms with van der Waals surface area (Å²) in [4.78, 5) is 13.7. The van der Waals surface area contributed by atoms with Gasteiger partial charge >= 0.3 is 5.97 Å². The van der Waals surface area contributed by atoms with E-state index < -0.39 is 0 Å². The molecule has 4 heteroatoms. The number of ether oxygens (including phenoxy) is 1. The van der Waals surface area contributed by atoms with E-state index in [1.807, 2.05) is 6.92 Å². The molecule has 0 aliphatic rings. The van der Waals surface area contributed by atoms with Crippen LogP contribution in [0.2, 0.25) is 0 Å². The van der Waals surface area contributed by atoms with Crippen molar-refractivity contribution in [3.8, 4) is 0 Å². The molecular formula is C13H28N2O2. The topological polar surface area (TPSA) is 55.6 Å². The van der Waals surface area contributed by atoms with Gasteiger partial charge in [0.05, 0.1) is 13.0 Å². The molecule has 0 rings (SSSR count). The van der Waals surface area contributed by atoms with Crippen LogP contribution in [0.4, 0.5) is 0 Å². The van der Waals surface area contributed by atoms with Crippen molar-refractivity contribution in [2.24, 2.45) is 11.1 Å². The maximum absolute atomic E-state index is 11.4. The molecule has 1 unspecified atom stereocenters. The van der Waals surface area contributed by atoms with Gasteiger partial charge in [0.25, 0.3) is 0 Å². The first-order chi connectivity index (χ1) is 7.86. The smallest absolute Gasteiger partial charge is 0.307 e. The maximum Gasteiger partial charge on any atom is 0.307 e. The molecular weight excluding hydrogens is 216 g/mol. The summed E-state index contributed by atoms with van der Waals surface area (Å²) in [6.45, 7) is 13.2. The lowest BCUT2D eigenvalue weighted by Crippen LogP contribution is -2.43. The minimum absolute atomic E-state index is 0.0823. The second-order valence-electron chi connectivity index (χ2n) is 5.29. The van der Waals surface area contributed by atoms with Crippen LogP contribution in [-0.4, -0.2) is 43.2 Å². The van der Waals surface area contributed by atoms with Crippen molar-refractivity contribution >= 4 is 5.97 Å². The minimum atomic E-state index is -0.121. The van der Waals surface area contributed by atoms with Crippen LogP contribution >= 0.6 is 0 Å². The van der Waals surface area contributed by atoms with Gasteiger partial charge in [-0.05, 0) is 32.4 Å². The molecule has 0 aliphatic carbocycles. The van der Waals surface area contributed by atoms with Crippen molar-refractivity contribution in [2.45, 2.75) is 47.1 Å². The van der Waals surface area contributed by atoms with E-state index in [-0.39, 0.29) is 17.4 Å². The molecule has 0 radical (unpaired) electrons. The van der Waals surface area contributed by atoms with Crippen LogP contribution in [0.5, 0.6) is 0 Å². The predicted octanol–water partition coefficient (Wildman–Crippen LogP) is 1.63. The van der Waals surface area contributed by atoms with E-state index in [0.717, 1.165) is 13.1 Å². The zero-order valence-electron chi connectivity index (χ0n) is 12.0. The number of nitrogens with two attached hydrogens (primary N) is 1. The Morgan fingerprint density at radius 3 is 2.41 bits per heavy atom. The number of nitrogens with zero attached hydrogens (tertiary/aromatic N) is 1. The van der Waals surface area contributed by atoms with Gasteiger partial charge in [-0.3, -0.25) is 9.69 Å². The van der Waals surface area contributed by atoms with E-state index in [9.17, 15) is 4.79 Å². The van der Waals surface area contributed by atoms with Gasteiger partial charge in [0, 0.05) is 12.6 Å². The largest absolute Gasteiger partial charge is 0.466 e. The van der Waals surface area contributed by atoms with Crippen molar-refractivity contribution in [3.05, 3.63) is 0 Å². The molecule has 0 amide bonds. The number of carbonyl (C=O) groups is 1. The van der Waals surface area contributed by atoms with Gasteiger partial charge in [-0.2, -0.15) is 0 Å². The van der Waals surface area contributed by atoms with Gasteiger partial charge in [-0.25, -0.2) is 0 Å². The number of esters is 1. The van der Waals surface area contributed by atoms with Crippen molar-refractivity contribution in [1.29, 1.82) is 0 Å². The molecule has 1 atom stereocenters. The summed E-state index contributed by atoms with van der Waals surface area (Å²) in [6.07, 6.45) is 0.447. The second-order valence-corrected chi connectivity index (χ2v) is 5.29. The van der Waals surface area contributed by atoms with E-state index >= 15 is 0 Å². The first kappa shape index (κ1) is 16.4. The molecule has 0 aromatic rings. The molecule has 2 N–H and O–H groups in total. The molecule has 0 aromatic carbocycles. The van der Waals surface area contributed by atoms with Crippen LogP contribution in [0.25, 0.3) is 0 Å². The monoisotopic (exact) mass is 244 g/mol. The summed E-state index contributed by atoms with van der Waals surface area (Å²) in [6, 6.07) is 0.199. The zero-order valence-corrected chi connectivity index (χ0v) is 12.0. The highest BCUT2D eigenvalue weighted by atomic mass is 16.5. The molecule has 4 nitrogen and oxygen atoms in total. The Labute approximate surface area is 105 Å². The number of rotatable bonds is 8. The standard InChI is InChI=1S/C13H28N2O2/c1-6-15(10-13(4,5)9-14)11(3)8-12(16)17-7-2/h11H,6-10,14H2,1-5H3. The molecule has 0 saturated carbocycles. The average molecular weight is 244 g/mol. The van der Waals surface area contributed by atoms with E-state index in [1.54, 1.807) is 0 Å². The van der Waals surface area contributed by atoms with Crippen LogP contribution in [0, 0.1) is 5.41 Å². The first-order valence-electron chi connectivity index (χ1n) is 6.46. The van der Waals surface area contributed by atoms with Crippen LogP contribution in [0.15, 0.2) is 0 Å². The highest BCUT2D eigenvalue weighted by Gasteiger charge is 2.24. The number of hydrogen-bond acceptors (Lipinski definition) is 4. The summed E-state index contributed by atoms with van der Waals surface area (Å²) in [5, 5.41) is 0. The van der Waals surface area contributed by atoms with E-state index in [1.165, 1.54) is 0 Å². The van der Waals surface area contributed by atoms with Crippen molar-refractivity contribution < 1.29 is 9.53 Å². The highest BCUT2D eigenvalue weighted by molar-refractivity contribution is 5.70. The van der Waals surface area contributed by atoms with Gasteiger partial charge in [0.2, 0.25) is 0 Å². The number of carbonyl (C=O) groups excluding carboxylic acids is 1. The number of hydrogen-bond donors (Lipinski definition) is 1. The summed E-state index contributed by atoms with van der Waals surface area (Å²) < 4.78 is 4.97. The Balaban J connectivity index is 4.30. The van der Waals surface area contributed by atoms with Gasteiger partial charge in [0.1, 0.15) is 0 Å². The predicted molar refractivity (Wildman–Crippen MR) is 70.8 cm³/mol. The van der Waals surface area contributed by atoms with Crippen molar-refractivity contribution in [2.75, 3.05) is 26.2 Å². The zero-order chi connectivity index (χ0) is 13.5. The summed E-state index contributed by atoms with van der Waals surface area (Å²) in [5.74, 6) is -0.121. The quantitative estimate of drug-likeness (QED) is 0.659. The minimum Gasteiger partial charge on any atom is -0.466 e. The molecule has 0 saturated heterocycles. The Kier molecular flexibility index (Phi) is 7.39. The van der Waals surface area contributed by atoms with E-state index in [0.29, 0.717) is 19.6 Å². The molecule has 0 aliphatic heterocycles. The maximum atomic E-state index is 11.4. The highest BCUT2D eigenvalue weighted by Crippen LogP contribution is 2.17. The third-order valence-electron chi connectivity index (χ3n) is 2.98. The first-order valence-corrected chi connectivity index (χ1v) is 6.46. The Morgan fingerprint density at radius 2 is 2.00 bits per heavy atom. The molecule has 0 bridgehead atoms. The Bertz CT molecular complexity index is 229. The second kappa shape index (κ2) is 7.67. The van der Waals surface area contributed by atoms with Crippen molar-refractivity contribution in [1.82, 2.24) is 4.90 Å². The lowest BCUT2D eigenvalue weighted by Gasteiger charge is -2.34. The average Bonchev–Trinajstić information content (AvgIpc) is 2.26. The normalized spacial score (nSPS) is 13.8. The summed E-state index contributed by atoms with van der Waals surface area (Å²) >= 11 is 0. The van der Waals surface area contributed by atoms with Gasteiger partial charge < -0.3 is 10.5 Å². The molecule has 102 valence electrons. The summed E-state index contributed by atoms with van der Waals surface area (Å²) in [7, 11) is 0. The van der Waals surface area contributed by atoms with Crippen LogP contribution in [0.1, 0.15) is 41.0 Å². The third kappa shape index (κ3) is 6.64. The Hall–Kier alpha value is -0.610. The fraction of sp³-hybridized carbons (Fsp3) is 0.923. The molecule has 0 fully saturated rings. The fourth-order valence-corrected chi connectivity index (χ4v) is 1.78.